The minimum absolute atomic E-state index is 0.00699. The number of fused-ring (bicyclic) bond motifs is 1. The molecule has 1 aliphatic heterocycles. The van der Waals surface area contributed by atoms with Crippen molar-refractivity contribution in [1.82, 2.24) is 14.5 Å². The van der Waals surface area contributed by atoms with Gasteiger partial charge in [0.15, 0.2) is 0 Å². The second-order valence-corrected chi connectivity index (χ2v) is 6.40. The molecule has 2 aromatic heterocycles. The van der Waals surface area contributed by atoms with E-state index in [-0.39, 0.29) is 17.5 Å². The second-order valence-electron chi connectivity index (χ2n) is 6.40. The van der Waals surface area contributed by atoms with E-state index in [4.69, 9.17) is 15.5 Å². The van der Waals surface area contributed by atoms with Gasteiger partial charge in [-0.1, -0.05) is 0 Å². The normalized spacial score (nSPS) is 23.0. The van der Waals surface area contributed by atoms with Crippen molar-refractivity contribution in [2.75, 3.05) is 18.9 Å². The minimum Gasteiger partial charge on any atom is -0.383 e. The van der Waals surface area contributed by atoms with Gasteiger partial charge in [-0.2, -0.15) is 4.98 Å². The third-order valence-corrected chi connectivity index (χ3v) is 4.87. The lowest BCUT2D eigenvalue weighted by Crippen LogP contribution is -2.31. The smallest absolute Gasteiger partial charge is 0.351 e. The summed E-state index contributed by atoms with van der Waals surface area (Å²) in [7, 11) is 0. The van der Waals surface area contributed by atoms with E-state index < -0.39 is 0 Å². The number of pyridine rings is 1. The summed E-state index contributed by atoms with van der Waals surface area (Å²) in [5.41, 5.74) is 7.34. The molecule has 116 valence electrons. The number of nitrogens with zero attached hydrogens (tertiary/aromatic N) is 3. The average Bonchev–Trinajstić information content (AvgIpc) is 3.21. The van der Waals surface area contributed by atoms with E-state index in [0.717, 1.165) is 24.1 Å². The van der Waals surface area contributed by atoms with Crippen LogP contribution in [0.4, 0.5) is 5.82 Å². The third-order valence-electron chi connectivity index (χ3n) is 4.87. The van der Waals surface area contributed by atoms with Gasteiger partial charge < -0.3 is 10.5 Å². The number of rotatable bonds is 3. The summed E-state index contributed by atoms with van der Waals surface area (Å²) in [6, 6.07) is 3.97. The number of hydrogen-bond acceptors (Lipinski definition) is 5. The fourth-order valence-electron chi connectivity index (χ4n) is 3.27. The summed E-state index contributed by atoms with van der Waals surface area (Å²) in [5, 5.41) is 0.759. The number of ether oxygens (including phenoxy) is 1. The molecule has 0 radical (unpaired) electrons. The summed E-state index contributed by atoms with van der Waals surface area (Å²) in [4.78, 5) is 21.2. The second kappa shape index (κ2) is 5.05. The zero-order chi connectivity index (χ0) is 15.3. The van der Waals surface area contributed by atoms with Crippen molar-refractivity contribution in [2.45, 2.75) is 38.1 Å². The van der Waals surface area contributed by atoms with E-state index in [1.807, 2.05) is 19.1 Å². The molecule has 4 rings (SSSR count). The Morgan fingerprint density at radius 2 is 2.14 bits per heavy atom. The lowest BCUT2D eigenvalue weighted by molar-refractivity contribution is 0.175. The van der Waals surface area contributed by atoms with Crippen LogP contribution in [-0.4, -0.2) is 27.7 Å². The highest BCUT2D eigenvalue weighted by Crippen LogP contribution is 2.39. The molecule has 2 aliphatic rings. The van der Waals surface area contributed by atoms with Gasteiger partial charge in [0.2, 0.25) is 0 Å². The van der Waals surface area contributed by atoms with Gasteiger partial charge in [-0.15, -0.1) is 0 Å². The predicted octanol–water partition coefficient (Wildman–Crippen LogP) is 1.85. The first-order chi connectivity index (χ1) is 10.6. The number of nitrogen functional groups attached to an aromatic ring is 1. The van der Waals surface area contributed by atoms with Crippen LogP contribution in [0.3, 0.4) is 0 Å². The Hall–Kier alpha value is -1.95. The van der Waals surface area contributed by atoms with Crippen molar-refractivity contribution in [3.05, 3.63) is 28.3 Å². The van der Waals surface area contributed by atoms with Crippen LogP contribution in [0.1, 0.15) is 43.8 Å². The van der Waals surface area contributed by atoms with Crippen LogP contribution >= 0.6 is 0 Å². The molecule has 0 aromatic carbocycles. The molecule has 22 heavy (non-hydrogen) atoms. The van der Waals surface area contributed by atoms with Crippen LogP contribution in [0.15, 0.2) is 16.9 Å². The van der Waals surface area contributed by atoms with E-state index in [0.29, 0.717) is 24.1 Å². The molecule has 1 saturated carbocycles. The summed E-state index contributed by atoms with van der Waals surface area (Å²) in [6.07, 6.45) is 3.31. The first-order valence-corrected chi connectivity index (χ1v) is 7.91. The van der Waals surface area contributed by atoms with E-state index in [9.17, 15) is 4.79 Å². The highest BCUT2D eigenvalue weighted by Gasteiger charge is 2.29. The number of anilines is 1. The van der Waals surface area contributed by atoms with Gasteiger partial charge in [-0.25, -0.2) is 9.78 Å². The molecule has 1 saturated heterocycles. The largest absolute Gasteiger partial charge is 0.383 e. The maximum absolute atomic E-state index is 12.4. The fourth-order valence-corrected chi connectivity index (χ4v) is 3.27. The average molecular weight is 300 g/mol. The Kier molecular flexibility index (Phi) is 3.14. The number of aromatic nitrogens is 3. The highest BCUT2D eigenvalue weighted by molar-refractivity contribution is 5.85. The molecule has 6 nitrogen and oxygen atoms in total. The predicted molar refractivity (Wildman–Crippen MR) is 83.8 cm³/mol. The van der Waals surface area contributed by atoms with Gasteiger partial charge in [0, 0.05) is 30.2 Å². The fraction of sp³-hybridized carbons (Fsp3) is 0.562. The van der Waals surface area contributed by atoms with Gasteiger partial charge in [0.05, 0.1) is 12.0 Å². The molecular formula is C16H20N4O2. The molecule has 2 atom stereocenters. The monoisotopic (exact) mass is 300 g/mol. The standard InChI is InChI=1S/C16H20N4O2/c1-9(11-6-7-22-8-11)20-15-12(14(17)19-16(20)21)4-5-13(18-15)10-2-3-10/h4-5,9-11H,2-3,6-8H2,1H3,(H2,17,19,21)/t9?,11-/m0/s1. The maximum atomic E-state index is 12.4. The summed E-state index contributed by atoms with van der Waals surface area (Å²) in [5.74, 6) is 1.12. The van der Waals surface area contributed by atoms with Crippen molar-refractivity contribution in [2.24, 2.45) is 5.92 Å². The van der Waals surface area contributed by atoms with E-state index >= 15 is 0 Å². The topological polar surface area (TPSA) is 83.0 Å². The van der Waals surface area contributed by atoms with E-state index in [1.54, 1.807) is 4.57 Å². The maximum Gasteiger partial charge on any atom is 0.351 e. The number of hydrogen-bond donors (Lipinski definition) is 1. The van der Waals surface area contributed by atoms with Crippen molar-refractivity contribution in [3.8, 4) is 0 Å². The molecule has 0 bridgehead atoms. The van der Waals surface area contributed by atoms with Gasteiger partial charge >= 0.3 is 5.69 Å². The van der Waals surface area contributed by atoms with Gasteiger partial charge in [-0.3, -0.25) is 4.57 Å². The van der Waals surface area contributed by atoms with Crippen molar-refractivity contribution in [3.63, 3.8) is 0 Å². The van der Waals surface area contributed by atoms with Gasteiger partial charge in [0.1, 0.15) is 11.5 Å². The van der Waals surface area contributed by atoms with E-state index in [2.05, 4.69) is 4.98 Å². The minimum atomic E-state index is -0.315. The Bertz CT molecular complexity index is 776. The summed E-state index contributed by atoms with van der Waals surface area (Å²) >= 11 is 0. The molecule has 2 aromatic rings. The quantitative estimate of drug-likeness (QED) is 0.935. The molecule has 3 heterocycles. The Morgan fingerprint density at radius 3 is 2.82 bits per heavy atom. The lowest BCUT2D eigenvalue weighted by atomic mass is 10.0. The van der Waals surface area contributed by atoms with Gasteiger partial charge in [-0.05, 0) is 38.3 Å². The zero-order valence-electron chi connectivity index (χ0n) is 12.7. The van der Waals surface area contributed by atoms with Crippen LogP contribution in [0.25, 0.3) is 11.0 Å². The molecule has 1 aliphatic carbocycles. The van der Waals surface area contributed by atoms with Gasteiger partial charge in [0.25, 0.3) is 0 Å². The summed E-state index contributed by atoms with van der Waals surface area (Å²) < 4.78 is 7.17. The first-order valence-electron chi connectivity index (χ1n) is 7.91. The van der Waals surface area contributed by atoms with Crippen LogP contribution in [0.2, 0.25) is 0 Å². The Morgan fingerprint density at radius 1 is 1.32 bits per heavy atom. The molecule has 0 spiro atoms. The molecule has 2 fully saturated rings. The summed E-state index contributed by atoms with van der Waals surface area (Å²) in [6.45, 7) is 3.48. The highest BCUT2D eigenvalue weighted by atomic mass is 16.5. The van der Waals surface area contributed by atoms with Crippen molar-refractivity contribution < 1.29 is 4.74 Å². The van der Waals surface area contributed by atoms with Crippen LogP contribution in [-0.2, 0) is 4.74 Å². The third kappa shape index (κ3) is 2.18. The lowest BCUT2D eigenvalue weighted by Gasteiger charge is -2.22. The first kappa shape index (κ1) is 13.7. The van der Waals surface area contributed by atoms with Crippen LogP contribution in [0, 0.1) is 5.92 Å². The molecule has 6 heteroatoms. The molecule has 2 N–H and O–H groups in total. The van der Waals surface area contributed by atoms with Crippen molar-refractivity contribution >= 4 is 16.9 Å². The van der Waals surface area contributed by atoms with E-state index in [1.165, 1.54) is 12.8 Å². The van der Waals surface area contributed by atoms with Crippen molar-refractivity contribution in [1.29, 1.82) is 0 Å². The molecule has 1 unspecified atom stereocenters. The zero-order valence-corrected chi connectivity index (χ0v) is 12.7. The molecule has 0 amide bonds. The Balaban J connectivity index is 1.90. The van der Waals surface area contributed by atoms with Crippen LogP contribution < -0.4 is 11.4 Å². The van der Waals surface area contributed by atoms with Crippen LogP contribution in [0.5, 0.6) is 0 Å². The SMILES string of the molecule is CC([C@H]1CCOC1)n1c(=O)nc(N)c2ccc(C3CC3)nc21. The number of nitrogens with two attached hydrogens (primary N) is 1. The Labute approximate surface area is 128 Å². The molecular weight excluding hydrogens is 280 g/mol.